The lowest BCUT2D eigenvalue weighted by atomic mass is 10.1. The van der Waals surface area contributed by atoms with Crippen molar-refractivity contribution < 1.29 is 17.6 Å². The van der Waals surface area contributed by atoms with Crippen LogP contribution in [0.25, 0.3) is 10.2 Å². The van der Waals surface area contributed by atoms with Crippen LogP contribution in [0.3, 0.4) is 0 Å². The number of rotatable bonds is 5. The average Bonchev–Trinajstić information content (AvgIpc) is 3.05. The molecule has 0 radical (unpaired) electrons. The molecular weight excluding hydrogens is 412 g/mol. The Labute approximate surface area is 168 Å². The van der Waals surface area contributed by atoms with Crippen molar-refractivity contribution in [3.8, 4) is 0 Å². The Hall–Kier alpha value is -2.01. The molecule has 2 N–H and O–H groups in total. The second-order valence-electron chi connectivity index (χ2n) is 5.53. The first-order chi connectivity index (χ1) is 13.3. The first kappa shape index (κ1) is 22.3. The molecule has 4 nitrogen and oxygen atoms in total. The summed E-state index contributed by atoms with van der Waals surface area (Å²) in [5.74, 6) is -0.584. The molecule has 0 saturated carbocycles. The predicted molar refractivity (Wildman–Crippen MR) is 108 cm³/mol. The molecule has 0 spiro atoms. The van der Waals surface area contributed by atoms with E-state index in [2.05, 4.69) is 26.7 Å². The van der Waals surface area contributed by atoms with Crippen LogP contribution in [-0.2, 0) is 0 Å². The van der Waals surface area contributed by atoms with Crippen LogP contribution in [0.1, 0.15) is 11.6 Å². The minimum atomic E-state index is -4.51. The van der Waals surface area contributed by atoms with Crippen LogP contribution in [0.5, 0.6) is 0 Å². The van der Waals surface area contributed by atoms with Crippen LogP contribution in [0.2, 0.25) is 0 Å². The molecule has 0 amide bonds. The predicted octanol–water partition coefficient (Wildman–Crippen LogP) is 5.50. The third-order valence-electron chi connectivity index (χ3n) is 3.31. The lowest BCUT2D eigenvalue weighted by Gasteiger charge is -2.21. The standard InChI is InChI=1S/C16H11F4N3S2.C2H7N/c1-21-15-22-12-7-6-11(8-13(12)24-15)25-23-14(16(18,19)20)9-2-4-10(17)5-3-9;1-3-2/h2-8,14,23H,1H2;3H,1-2H3. The highest BCUT2D eigenvalue weighted by atomic mass is 32.2. The van der Waals surface area contributed by atoms with E-state index >= 15 is 0 Å². The number of alkyl halides is 3. The highest BCUT2D eigenvalue weighted by Gasteiger charge is 2.40. The second-order valence-corrected chi connectivity index (χ2v) is 7.45. The molecule has 28 heavy (non-hydrogen) atoms. The number of fused-ring (bicyclic) bond motifs is 1. The molecule has 1 heterocycles. The quantitative estimate of drug-likeness (QED) is 0.319. The number of hydrogen-bond donors (Lipinski definition) is 2. The number of aliphatic imine (C=N–C) groups is 1. The Morgan fingerprint density at radius 3 is 2.36 bits per heavy atom. The highest BCUT2D eigenvalue weighted by Crippen LogP contribution is 2.36. The van der Waals surface area contributed by atoms with Gasteiger partial charge in [-0.15, -0.1) is 0 Å². The van der Waals surface area contributed by atoms with Gasteiger partial charge in [-0.2, -0.15) is 13.2 Å². The zero-order valence-corrected chi connectivity index (χ0v) is 16.7. The van der Waals surface area contributed by atoms with Crippen molar-refractivity contribution in [2.45, 2.75) is 17.1 Å². The second kappa shape index (κ2) is 9.97. The fourth-order valence-electron chi connectivity index (χ4n) is 2.13. The highest BCUT2D eigenvalue weighted by molar-refractivity contribution is 7.97. The first-order valence-electron chi connectivity index (χ1n) is 7.98. The summed E-state index contributed by atoms with van der Waals surface area (Å²) in [6.45, 7) is 3.40. The SMILES string of the molecule is C=Nc1nc2ccc(SNC(c3ccc(F)cc3)C(F)(F)F)cc2s1.CNC. The maximum Gasteiger partial charge on any atom is 0.408 e. The van der Waals surface area contributed by atoms with Gasteiger partial charge in [-0.05, 0) is 68.7 Å². The number of halogens is 4. The molecule has 3 aromatic rings. The van der Waals surface area contributed by atoms with Gasteiger partial charge in [0.1, 0.15) is 11.9 Å². The summed E-state index contributed by atoms with van der Waals surface area (Å²) in [5.41, 5.74) is 0.654. The summed E-state index contributed by atoms with van der Waals surface area (Å²) in [6, 6.07) is 7.46. The molecule has 0 aliphatic rings. The molecule has 0 fully saturated rings. The number of nitrogens with zero attached hydrogens (tertiary/aromatic N) is 2. The first-order valence-corrected chi connectivity index (χ1v) is 9.62. The number of hydrogen-bond acceptors (Lipinski definition) is 6. The molecule has 1 unspecified atom stereocenters. The lowest BCUT2D eigenvalue weighted by Crippen LogP contribution is -2.30. The monoisotopic (exact) mass is 430 g/mol. The number of thiazole rings is 1. The molecule has 1 atom stereocenters. The zero-order valence-electron chi connectivity index (χ0n) is 15.0. The van der Waals surface area contributed by atoms with E-state index in [0.29, 0.717) is 15.5 Å². The van der Waals surface area contributed by atoms with Crippen LogP contribution >= 0.6 is 23.3 Å². The molecule has 2 aromatic carbocycles. The van der Waals surface area contributed by atoms with Crippen molar-refractivity contribution >= 4 is 45.4 Å². The number of nitrogens with one attached hydrogen (secondary N) is 2. The number of benzene rings is 2. The van der Waals surface area contributed by atoms with Crippen LogP contribution in [-0.4, -0.2) is 32.0 Å². The molecule has 0 saturated heterocycles. The molecule has 150 valence electrons. The van der Waals surface area contributed by atoms with Crippen molar-refractivity contribution in [2.24, 2.45) is 4.99 Å². The fraction of sp³-hybridized carbons (Fsp3) is 0.222. The summed E-state index contributed by atoms with van der Waals surface area (Å²) in [4.78, 5) is 8.55. The van der Waals surface area contributed by atoms with Gasteiger partial charge in [-0.25, -0.2) is 19.1 Å². The van der Waals surface area contributed by atoms with E-state index in [1.807, 2.05) is 14.1 Å². The van der Waals surface area contributed by atoms with Gasteiger partial charge in [0, 0.05) is 4.90 Å². The lowest BCUT2D eigenvalue weighted by molar-refractivity contribution is -0.152. The molecular formula is C18H18F4N4S2. The Morgan fingerprint density at radius 2 is 1.79 bits per heavy atom. The van der Waals surface area contributed by atoms with Gasteiger partial charge in [0.15, 0.2) is 0 Å². The van der Waals surface area contributed by atoms with Gasteiger partial charge in [-0.1, -0.05) is 23.5 Å². The Kier molecular flexibility index (Phi) is 7.93. The van der Waals surface area contributed by atoms with Crippen molar-refractivity contribution in [1.29, 1.82) is 0 Å². The molecule has 0 aliphatic heterocycles. The molecule has 10 heteroatoms. The van der Waals surface area contributed by atoms with E-state index in [-0.39, 0.29) is 5.56 Å². The van der Waals surface area contributed by atoms with E-state index in [1.165, 1.54) is 11.3 Å². The average molecular weight is 430 g/mol. The summed E-state index contributed by atoms with van der Waals surface area (Å²) in [5, 5.41) is 3.25. The van der Waals surface area contributed by atoms with Gasteiger partial charge in [0.2, 0.25) is 5.13 Å². The van der Waals surface area contributed by atoms with Gasteiger partial charge in [0.05, 0.1) is 10.2 Å². The van der Waals surface area contributed by atoms with E-state index < -0.39 is 18.0 Å². The zero-order chi connectivity index (χ0) is 20.7. The normalized spacial score (nSPS) is 12.4. The van der Waals surface area contributed by atoms with Crippen molar-refractivity contribution in [2.75, 3.05) is 14.1 Å². The fourth-order valence-corrected chi connectivity index (χ4v) is 3.85. The largest absolute Gasteiger partial charge is 0.408 e. The Morgan fingerprint density at radius 1 is 1.14 bits per heavy atom. The topological polar surface area (TPSA) is 49.3 Å². The van der Waals surface area contributed by atoms with Crippen LogP contribution in [0.4, 0.5) is 22.7 Å². The van der Waals surface area contributed by atoms with Crippen LogP contribution < -0.4 is 10.0 Å². The summed E-state index contributed by atoms with van der Waals surface area (Å²) >= 11 is 2.16. The van der Waals surface area contributed by atoms with Crippen LogP contribution in [0.15, 0.2) is 52.4 Å². The van der Waals surface area contributed by atoms with Crippen molar-refractivity contribution in [1.82, 2.24) is 15.0 Å². The Bertz CT molecular complexity index is 910. The van der Waals surface area contributed by atoms with E-state index in [0.717, 1.165) is 40.9 Å². The Balaban J connectivity index is 0.000000878. The molecule has 3 rings (SSSR count). The van der Waals surface area contributed by atoms with E-state index in [9.17, 15) is 17.6 Å². The van der Waals surface area contributed by atoms with Gasteiger partial charge in [-0.3, -0.25) is 0 Å². The van der Waals surface area contributed by atoms with Gasteiger partial charge < -0.3 is 5.32 Å². The third kappa shape index (κ3) is 5.99. The van der Waals surface area contributed by atoms with E-state index in [1.54, 1.807) is 18.2 Å². The maximum absolute atomic E-state index is 13.3. The summed E-state index contributed by atoms with van der Waals surface area (Å²) in [6.07, 6.45) is -4.51. The summed E-state index contributed by atoms with van der Waals surface area (Å²) < 4.78 is 56.1. The number of aromatic nitrogens is 1. The smallest absolute Gasteiger partial charge is 0.323 e. The van der Waals surface area contributed by atoms with Gasteiger partial charge in [0.25, 0.3) is 0 Å². The minimum Gasteiger partial charge on any atom is -0.323 e. The van der Waals surface area contributed by atoms with E-state index in [4.69, 9.17) is 0 Å². The van der Waals surface area contributed by atoms with Crippen LogP contribution in [0, 0.1) is 5.82 Å². The maximum atomic E-state index is 13.3. The molecule has 0 bridgehead atoms. The minimum absolute atomic E-state index is 0.0570. The van der Waals surface area contributed by atoms with Crippen molar-refractivity contribution in [3.63, 3.8) is 0 Å². The molecule has 0 aliphatic carbocycles. The molecule has 1 aromatic heterocycles. The summed E-state index contributed by atoms with van der Waals surface area (Å²) in [7, 11) is 3.75. The van der Waals surface area contributed by atoms with Gasteiger partial charge >= 0.3 is 6.18 Å². The third-order valence-corrected chi connectivity index (χ3v) is 5.10. The van der Waals surface area contributed by atoms with Crippen molar-refractivity contribution in [3.05, 3.63) is 53.8 Å².